The van der Waals surface area contributed by atoms with E-state index < -0.39 is 0 Å². The number of nitrogens with two attached hydrogens (primary N) is 1. The van der Waals surface area contributed by atoms with Gasteiger partial charge in [-0.3, -0.25) is 4.68 Å². The molecule has 0 aliphatic heterocycles. The molecule has 2 N–H and O–H groups in total. The van der Waals surface area contributed by atoms with Crippen LogP contribution in [-0.2, 0) is 7.05 Å². The van der Waals surface area contributed by atoms with E-state index in [-0.39, 0.29) is 0 Å². The molecule has 0 atom stereocenters. The normalized spacial score (nSPS) is 10.4. The van der Waals surface area contributed by atoms with Gasteiger partial charge in [-0.05, 0) is 0 Å². The van der Waals surface area contributed by atoms with Gasteiger partial charge in [0, 0.05) is 7.05 Å². The van der Waals surface area contributed by atoms with Crippen molar-refractivity contribution in [3.63, 3.8) is 0 Å². The van der Waals surface area contributed by atoms with E-state index in [4.69, 9.17) is 5.73 Å². The molecule has 0 aliphatic rings. The summed E-state index contributed by atoms with van der Waals surface area (Å²) in [5, 5.41) is 8.36. The molecule has 12 heavy (non-hydrogen) atoms. The lowest BCUT2D eigenvalue weighted by Gasteiger charge is -1.88. The summed E-state index contributed by atoms with van der Waals surface area (Å²) in [7, 11) is 1.80. The number of anilines is 1. The van der Waals surface area contributed by atoms with Crippen LogP contribution in [0.3, 0.4) is 0 Å². The Morgan fingerprint density at radius 2 is 2.42 bits per heavy atom. The zero-order valence-electron chi connectivity index (χ0n) is 6.43. The topological polar surface area (TPSA) is 69.6 Å². The van der Waals surface area contributed by atoms with Crippen LogP contribution >= 0.6 is 11.3 Å². The molecule has 0 bridgehead atoms. The summed E-state index contributed by atoms with van der Waals surface area (Å²) in [4.78, 5) is 4.08. The zero-order valence-corrected chi connectivity index (χ0v) is 7.25. The fraction of sp³-hybridized carbons (Fsp3) is 0.167. The number of hydrogen-bond donors (Lipinski definition) is 1. The largest absolute Gasteiger partial charge is 0.389 e. The van der Waals surface area contributed by atoms with Crippen LogP contribution in [0.5, 0.6) is 0 Å². The molecule has 6 heteroatoms. The summed E-state index contributed by atoms with van der Waals surface area (Å²) < 4.78 is 1.62. The van der Waals surface area contributed by atoms with E-state index in [0.29, 0.717) is 10.7 Å². The molecule has 0 fully saturated rings. The predicted octanol–water partition coefficient (Wildman–Crippen LogP) is 0.521. The molecular formula is C6H7N5S. The van der Waals surface area contributed by atoms with Crippen molar-refractivity contribution in [3.05, 3.63) is 11.7 Å². The van der Waals surface area contributed by atoms with Gasteiger partial charge in [0.15, 0.2) is 0 Å². The van der Waals surface area contributed by atoms with Gasteiger partial charge in [-0.15, -0.1) is 16.4 Å². The number of aromatic nitrogens is 4. The van der Waals surface area contributed by atoms with Crippen molar-refractivity contribution in [3.8, 4) is 11.4 Å². The van der Waals surface area contributed by atoms with Gasteiger partial charge in [-0.2, -0.15) is 0 Å². The second kappa shape index (κ2) is 2.56. The lowest BCUT2D eigenvalue weighted by atomic mass is 10.3. The fourth-order valence-corrected chi connectivity index (χ4v) is 1.44. The molecule has 2 heterocycles. The first-order valence-electron chi connectivity index (χ1n) is 3.33. The molecule has 5 nitrogen and oxygen atoms in total. The first-order chi connectivity index (χ1) is 5.77. The molecule has 2 aromatic rings. The second-order valence-corrected chi connectivity index (χ2v) is 3.23. The van der Waals surface area contributed by atoms with Crippen LogP contribution in [0, 0.1) is 0 Å². The zero-order chi connectivity index (χ0) is 8.55. The van der Waals surface area contributed by atoms with E-state index in [1.165, 1.54) is 11.3 Å². The van der Waals surface area contributed by atoms with Crippen LogP contribution in [0.15, 0.2) is 11.7 Å². The molecule has 0 saturated heterocycles. The average molecular weight is 181 g/mol. The Kier molecular flexibility index (Phi) is 1.54. The summed E-state index contributed by atoms with van der Waals surface area (Å²) in [5.41, 5.74) is 8.79. The Morgan fingerprint density at radius 1 is 1.58 bits per heavy atom. The van der Waals surface area contributed by atoms with Crippen LogP contribution in [0.1, 0.15) is 0 Å². The van der Waals surface area contributed by atoms with Crippen molar-refractivity contribution >= 4 is 16.3 Å². The van der Waals surface area contributed by atoms with Crippen molar-refractivity contribution < 1.29 is 0 Å². The first-order valence-corrected chi connectivity index (χ1v) is 4.21. The third kappa shape index (κ3) is 1.06. The van der Waals surface area contributed by atoms with Crippen molar-refractivity contribution in [2.24, 2.45) is 7.05 Å². The maximum Gasteiger partial charge on any atom is 0.134 e. The smallest absolute Gasteiger partial charge is 0.134 e. The van der Waals surface area contributed by atoms with Crippen molar-refractivity contribution in [2.45, 2.75) is 0 Å². The number of nitrogen functional groups attached to an aromatic ring is 1. The van der Waals surface area contributed by atoms with Gasteiger partial charge < -0.3 is 5.73 Å². The molecule has 2 aromatic heterocycles. The highest BCUT2D eigenvalue weighted by atomic mass is 32.1. The number of thiazole rings is 1. The van der Waals surface area contributed by atoms with E-state index in [2.05, 4.69) is 15.3 Å². The van der Waals surface area contributed by atoms with Gasteiger partial charge in [0.25, 0.3) is 0 Å². The molecule has 0 amide bonds. The monoisotopic (exact) mass is 181 g/mol. The van der Waals surface area contributed by atoms with E-state index in [1.807, 2.05) is 0 Å². The summed E-state index contributed by atoms with van der Waals surface area (Å²) >= 11 is 1.40. The molecule has 0 saturated carbocycles. The van der Waals surface area contributed by atoms with Gasteiger partial charge in [-0.25, -0.2) is 4.98 Å². The van der Waals surface area contributed by atoms with E-state index in [1.54, 1.807) is 23.4 Å². The predicted molar refractivity (Wildman–Crippen MR) is 46.5 cm³/mol. The van der Waals surface area contributed by atoms with Gasteiger partial charge in [-0.1, -0.05) is 5.21 Å². The van der Waals surface area contributed by atoms with Crippen LogP contribution in [0.25, 0.3) is 11.4 Å². The standard InChI is InChI=1S/C6H7N5S/c1-11-2-4(9-10-11)5-6(7)12-3-8-5/h2-3H,7H2,1H3. The van der Waals surface area contributed by atoms with Crippen molar-refractivity contribution in [2.75, 3.05) is 5.73 Å². The van der Waals surface area contributed by atoms with Gasteiger partial charge >= 0.3 is 0 Å². The van der Waals surface area contributed by atoms with Gasteiger partial charge in [0.2, 0.25) is 0 Å². The maximum absolute atomic E-state index is 5.66. The average Bonchev–Trinajstić information content (AvgIpc) is 2.58. The number of nitrogens with zero attached hydrogens (tertiary/aromatic N) is 4. The van der Waals surface area contributed by atoms with Crippen LogP contribution in [0.2, 0.25) is 0 Å². The molecular weight excluding hydrogens is 174 g/mol. The van der Waals surface area contributed by atoms with Crippen molar-refractivity contribution in [1.29, 1.82) is 0 Å². The minimum Gasteiger partial charge on any atom is -0.389 e. The quantitative estimate of drug-likeness (QED) is 0.696. The minimum absolute atomic E-state index is 0.676. The molecule has 0 radical (unpaired) electrons. The molecule has 0 spiro atoms. The Balaban J connectivity index is 2.50. The summed E-state index contributed by atoms with van der Waals surface area (Å²) in [5.74, 6) is 0. The summed E-state index contributed by atoms with van der Waals surface area (Å²) in [6.45, 7) is 0. The van der Waals surface area contributed by atoms with E-state index in [9.17, 15) is 0 Å². The lowest BCUT2D eigenvalue weighted by Crippen LogP contribution is -1.85. The number of aryl methyl sites for hydroxylation is 1. The Morgan fingerprint density at radius 3 is 2.92 bits per heavy atom. The first kappa shape index (κ1) is 7.23. The Labute approximate surface area is 72.8 Å². The summed E-state index contributed by atoms with van der Waals surface area (Å²) in [6, 6.07) is 0. The number of rotatable bonds is 1. The maximum atomic E-state index is 5.66. The highest BCUT2D eigenvalue weighted by Crippen LogP contribution is 2.24. The van der Waals surface area contributed by atoms with Gasteiger partial charge in [0.05, 0.1) is 11.7 Å². The van der Waals surface area contributed by atoms with Crippen LogP contribution in [-0.4, -0.2) is 20.0 Å². The Bertz CT molecular complexity index is 390. The fourth-order valence-electron chi connectivity index (χ4n) is 0.903. The van der Waals surface area contributed by atoms with E-state index >= 15 is 0 Å². The third-order valence-electron chi connectivity index (χ3n) is 1.44. The van der Waals surface area contributed by atoms with Crippen LogP contribution < -0.4 is 5.73 Å². The molecule has 0 aromatic carbocycles. The Hall–Kier alpha value is -1.43. The highest BCUT2D eigenvalue weighted by Gasteiger charge is 2.08. The lowest BCUT2D eigenvalue weighted by molar-refractivity contribution is 0.715. The third-order valence-corrected chi connectivity index (χ3v) is 2.10. The molecule has 0 aliphatic carbocycles. The SMILES string of the molecule is Cn1cc(-c2ncsc2N)nn1. The highest BCUT2D eigenvalue weighted by molar-refractivity contribution is 7.14. The number of hydrogen-bond acceptors (Lipinski definition) is 5. The van der Waals surface area contributed by atoms with E-state index in [0.717, 1.165) is 5.69 Å². The summed E-state index contributed by atoms with van der Waals surface area (Å²) in [6.07, 6.45) is 1.78. The second-order valence-electron chi connectivity index (χ2n) is 2.34. The minimum atomic E-state index is 0.676. The molecule has 2 rings (SSSR count). The molecule has 62 valence electrons. The van der Waals surface area contributed by atoms with Crippen molar-refractivity contribution in [1.82, 2.24) is 20.0 Å². The molecule has 0 unspecified atom stereocenters. The van der Waals surface area contributed by atoms with Gasteiger partial charge in [0.1, 0.15) is 16.4 Å². The van der Waals surface area contributed by atoms with Crippen LogP contribution in [0.4, 0.5) is 5.00 Å².